The van der Waals surface area contributed by atoms with Crippen molar-refractivity contribution in [2.75, 3.05) is 7.11 Å². The first-order valence-electron chi connectivity index (χ1n) is 7.61. The Hall–Kier alpha value is -2.30. The lowest BCUT2D eigenvalue weighted by atomic mass is 9.89. The first kappa shape index (κ1) is 16.1. The molecule has 2 N–H and O–H groups in total. The molecule has 118 valence electrons. The maximum Gasteiger partial charge on any atom is 0.262 e. The SMILES string of the molecule is COc1ccc(C=CC(=O)NNC(=O)C2CCCCC2)cc1. The minimum Gasteiger partial charge on any atom is -0.497 e. The van der Waals surface area contributed by atoms with Gasteiger partial charge in [-0.2, -0.15) is 0 Å². The molecule has 2 amide bonds. The van der Waals surface area contributed by atoms with E-state index in [9.17, 15) is 9.59 Å². The van der Waals surface area contributed by atoms with Crippen LogP contribution >= 0.6 is 0 Å². The zero-order chi connectivity index (χ0) is 15.8. The topological polar surface area (TPSA) is 67.4 Å². The van der Waals surface area contributed by atoms with Crippen molar-refractivity contribution >= 4 is 17.9 Å². The third kappa shape index (κ3) is 4.91. The molecule has 1 fully saturated rings. The number of nitrogens with one attached hydrogen (secondary N) is 2. The van der Waals surface area contributed by atoms with E-state index >= 15 is 0 Å². The van der Waals surface area contributed by atoms with Gasteiger partial charge in [0.05, 0.1) is 7.11 Å². The summed E-state index contributed by atoms with van der Waals surface area (Å²) < 4.78 is 5.07. The molecule has 1 aromatic rings. The number of ether oxygens (including phenoxy) is 1. The van der Waals surface area contributed by atoms with Crippen LogP contribution in [0.1, 0.15) is 37.7 Å². The van der Waals surface area contributed by atoms with Gasteiger partial charge in [0.25, 0.3) is 5.91 Å². The predicted molar refractivity (Wildman–Crippen MR) is 84.9 cm³/mol. The lowest BCUT2D eigenvalue weighted by Crippen LogP contribution is -2.44. The van der Waals surface area contributed by atoms with Crippen molar-refractivity contribution in [1.29, 1.82) is 0 Å². The molecular formula is C17H22N2O3. The molecule has 2 rings (SSSR count). The largest absolute Gasteiger partial charge is 0.497 e. The summed E-state index contributed by atoms with van der Waals surface area (Å²) in [6.07, 6.45) is 8.25. The fraction of sp³-hybridized carbons (Fsp3) is 0.412. The highest BCUT2D eigenvalue weighted by atomic mass is 16.5. The van der Waals surface area contributed by atoms with E-state index in [4.69, 9.17) is 4.74 Å². The zero-order valence-electron chi connectivity index (χ0n) is 12.8. The molecular weight excluding hydrogens is 280 g/mol. The summed E-state index contributed by atoms with van der Waals surface area (Å²) in [4.78, 5) is 23.6. The molecule has 0 radical (unpaired) electrons. The number of carbonyl (C=O) groups is 2. The van der Waals surface area contributed by atoms with Crippen LogP contribution in [0.25, 0.3) is 6.08 Å². The quantitative estimate of drug-likeness (QED) is 0.663. The molecule has 1 saturated carbocycles. The van der Waals surface area contributed by atoms with Crippen molar-refractivity contribution in [1.82, 2.24) is 10.9 Å². The molecule has 0 unspecified atom stereocenters. The van der Waals surface area contributed by atoms with Crippen LogP contribution in [0.2, 0.25) is 0 Å². The van der Waals surface area contributed by atoms with Crippen molar-refractivity contribution in [2.45, 2.75) is 32.1 Å². The van der Waals surface area contributed by atoms with Gasteiger partial charge < -0.3 is 4.74 Å². The molecule has 0 bridgehead atoms. The van der Waals surface area contributed by atoms with E-state index in [-0.39, 0.29) is 17.7 Å². The smallest absolute Gasteiger partial charge is 0.262 e. The average Bonchev–Trinajstić information content (AvgIpc) is 2.59. The average molecular weight is 302 g/mol. The first-order valence-corrected chi connectivity index (χ1v) is 7.61. The Morgan fingerprint density at radius 2 is 1.77 bits per heavy atom. The molecule has 5 nitrogen and oxygen atoms in total. The van der Waals surface area contributed by atoms with Crippen molar-refractivity contribution in [3.63, 3.8) is 0 Å². The van der Waals surface area contributed by atoms with Crippen LogP contribution in [0.3, 0.4) is 0 Å². The second-order valence-corrected chi connectivity index (χ2v) is 5.42. The maximum absolute atomic E-state index is 11.9. The number of hydrazine groups is 1. The highest BCUT2D eigenvalue weighted by Crippen LogP contribution is 2.23. The number of rotatable bonds is 4. The molecule has 1 aromatic carbocycles. The summed E-state index contributed by atoms with van der Waals surface area (Å²) in [5, 5.41) is 0. The molecule has 0 aliphatic heterocycles. The fourth-order valence-electron chi connectivity index (χ4n) is 2.52. The number of methoxy groups -OCH3 is 1. The molecule has 1 aliphatic rings. The third-order valence-electron chi connectivity index (χ3n) is 3.83. The Balaban J connectivity index is 1.76. The lowest BCUT2D eigenvalue weighted by Gasteiger charge is -2.20. The Kier molecular flexibility index (Phi) is 6.01. The fourth-order valence-corrected chi connectivity index (χ4v) is 2.52. The van der Waals surface area contributed by atoms with Gasteiger partial charge in [-0.05, 0) is 36.6 Å². The van der Waals surface area contributed by atoms with Crippen LogP contribution in [-0.2, 0) is 9.59 Å². The van der Waals surface area contributed by atoms with E-state index in [1.165, 1.54) is 12.5 Å². The number of hydrogen-bond acceptors (Lipinski definition) is 3. The number of hydrogen-bond donors (Lipinski definition) is 2. The van der Waals surface area contributed by atoms with Crippen molar-refractivity contribution in [3.8, 4) is 5.75 Å². The summed E-state index contributed by atoms with van der Waals surface area (Å²) in [5.41, 5.74) is 5.80. The van der Waals surface area contributed by atoms with Crippen molar-refractivity contribution < 1.29 is 14.3 Å². The molecule has 0 heterocycles. The minimum absolute atomic E-state index is 0.0274. The summed E-state index contributed by atoms with van der Waals surface area (Å²) in [6, 6.07) is 7.34. The number of carbonyl (C=O) groups excluding carboxylic acids is 2. The van der Waals surface area contributed by atoms with Gasteiger partial charge in [-0.25, -0.2) is 0 Å². The Bertz CT molecular complexity index is 531. The molecule has 5 heteroatoms. The van der Waals surface area contributed by atoms with E-state index < -0.39 is 0 Å². The van der Waals surface area contributed by atoms with Crippen LogP contribution in [-0.4, -0.2) is 18.9 Å². The van der Waals surface area contributed by atoms with Crippen molar-refractivity contribution in [2.24, 2.45) is 5.92 Å². The normalized spacial score (nSPS) is 15.5. The summed E-state index contributed by atoms with van der Waals surface area (Å²) in [7, 11) is 1.60. The lowest BCUT2D eigenvalue weighted by molar-refractivity contribution is -0.130. The van der Waals surface area contributed by atoms with Gasteiger partial charge in [0.15, 0.2) is 0 Å². The van der Waals surface area contributed by atoms with Gasteiger partial charge in [-0.1, -0.05) is 31.4 Å². The van der Waals surface area contributed by atoms with E-state index in [0.717, 1.165) is 37.0 Å². The first-order chi connectivity index (χ1) is 10.7. The summed E-state index contributed by atoms with van der Waals surface area (Å²) in [5.74, 6) is 0.354. The Morgan fingerprint density at radius 3 is 2.41 bits per heavy atom. The standard InChI is InChI=1S/C17H22N2O3/c1-22-15-10-7-13(8-11-15)9-12-16(20)18-19-17(21)14-5-3-2-4-6-14/h7-12,14H,2-6H2,1H3,(H,18,20)(H,19,21). The Morgan fingerprint density at radius 1 is 1.09 bits per heavy atom. The van der Waals surface area contributed by atoms with Crippen LogP contribution in [0.5, 0.6) is 5.75 Å². The Labute approximate surface area is 130 Å². The predicted octanol–water partition coefficient (Wildman–Crippen LogP) is 2.44. The molecule has 0 spiro atoms. The van der Waals surface area contributed by atoms with E-state index in [0.29, 0.717) is 0 Å². The van der Waals surface area contributed by atoms with E-state index in [1.54, 1.807) is 13.2 Å². The third-order valence-corrected chi connectivity index (χ3v) is 3.83. The summed E-state index contributed by atoms with van der Waals surface area (Å²) in [6.45, 7) is 0. The van der Waals surface area contributed by atoms with Gasteiger partial charge in [-0.3, -0.25) is 20.4 Å². The molecule has 22 heavy (non-hydrogen) atoms. The van der Waals surface area contributed by atoms with E-state index in [1.807, 2.05) is 24.3 Å². The van der Waals surface area contributed by atoms with Crippen LogP contribution in [0.15, 0.2) is 30.3 Å². The van der Waals surface area contributed by atoms with Gasteiger partial charge in [0.1, 0.15) is 5.75 Å². The zero-order valence-corrected chi connectivity index (χ0v) is 12.8. The molecule has 1 aliphatic carbocycles. The van der Waals surface area contributed by atoms with Crippen molar-refractivity contribution in [3.05, 3.63) is 35.9 Å². The second-order valence-electron chi connectivity index (χ2n) is 5.42. The summed E-state index contributed by atoms with van der Waals surface area (Å²) >= 11 is 0. The highest BCUT2D eigenvalue weighted by molar-refractivity contribution is 5.93. The van der Waals surface area contributed by atoms with Crippen LogP contribution in [0.4, 0.5) is 0 Å². The van der Waals surface area contributed by atoms with Crippen LogP contribution < -0.4 is 15.6 Å². The minimum atomic E-state index is -0.347. The molecule has 0 saturated heterocycles. The highest BCUT2D eigenvalue weighted by Gasteiger charge is 2.20. The second kappa shape index (κ2) is 8.22. The van der Waals surface area contributed by atoms with Gasteiger partial charge in [-0.15, -0.1) is 0 Å². The van der Waals surface area contributed by atoms with Crippen LogP contribution in [0, 0.1) is 5.92 Å². The maximum atomic E-state index is 11.9. The van der Waals surface area contributed by atoms with Gasteiger partial charge in [0, 0.05) is 12.0 Å². The molecule has 0 atom stereocenters. The molecule has 0 aromatic heterocycles. The number of amides is 2. The van der Waals surface area contributed by atoms with Gasteiger partial charge in [0.2, 0.25) is 5.91 Å². The van der Waals surface area contributed by atoms with E-state index in [2.05, 4.69) is 10.9 Å². The van der Waals surface area contributed by atoms with Gasteiger partial charge >= 0.3 is 0 Å². The monoisotopic (exact) mass is 302 g/mol. The number of benzene rings is 1.